The van der Waals surface area contributed by atoms with Gasteiger partial charge in [-0.1, -0.05) is 6.07 Å². The Morgan fingerprint density at radius 1 is 1.15 bits per heavy atom. The zero-order chi connectivity index (χ0) is 23.2. The van der Waals surface area contributed by atoms with Gasteiger partial charge >= 0.3 is 0 Å². The molecule has 2 bridgehead atoms. The van der Waals surface area contributed by atoms with Gasteiger partial charge in [0.25, 0.3) is 5.91 Å². The van der Waals surface area contributed by atoms with Crippen molar-refractivity contribution in [3.05, 3.63) is 53.3 Å². The second-order valence-electron chi connectivity index (χ2n) is 10.0. The Hall–Kier alpha value is -3.06. The van der Waals surface area contributed by atoms with Crippen LogP contribution in [0.1, 0.15) is 47.7 Å². The van der Waals surface area contributed by atoms with Crippen LogP contribution < -0.4 is 20.9 Å². The minimum atomic E-state index is -0.0515. The zero-order valence-corrected chi connectivity index (χ0v) is 20.1. The predicted octanol–water partition coefficient (Wildman–Crippen LogP) is 3.33. The molecular weight excluding hydrogens is 424 g/mol. The van der Waals surface area contributed by atoms with Crippen LogP contribution in [0.5, 0.6) is 0 Å². The molecular formula is C27H34N6O. The van der Waals surface area contributed by atoms with Crippen LogP contribution in [0, 0.1) is 0 Å². The monoisotopic (exact) mass is 458 g/mol. The first-order valence-electron chi connectivity index (χ1n) is 12.7. The Morgan fingerprint density at radius 3 is 2.74 bits per heavy atom. The van der Waals surface area contributed by atoms with Crippen molar-refractivity contribution >= 4 is 28.3 Å². The topological polar surface area (TPSA) is 74.2 Å². The lowest BCUT2D eigenvalue weighted by Gasteiger charge is -2.35. The van der Waals surface area contributed by atoms with Crippen LogP contribution >= 0.6 is 0 Å². The highest BCUT2D eigenvalue weighted by molar-refractivity contribution is 6.06. The van der Waals surface area contributed by atoms with Crippen LogP contribution in [0.2, 0.25) is 0 Å². The summed E-state index contributed by atoms with van der Waals surface area (Å²) in [6.45, 7) is 5.17. The van der Waals surface area contributed by atoms with Crippen LogP contribution in [-0.2, 0) is 19.4 Å². The molecule has 7 nitrogen and oxygen atoms in total. The third-order valence-electron chi connectivity index (χ3n) is 7.96. The average Bonchev–Trinajstić information content (AvgIpc) is 3.44. The van der Waals surface area contributed by atoms with E-state index in [1.165, 1.54) is 29.7 Å². The lowest BCUT2D eigenvalue weighted by atomic mass is 9.87. The van der Waals surface area contributed by atoms with Gasteiger partial charge in [0.2, 0.25) is 0 Å². The number of pyridine rings is 1. The standard InChI is InChI=1S/C27H34N6O/c1-3-32-11-10-23-25(28-2)24(14-29-26(23)32)27(34)31-19-6-4-18-13-22(9-5-17(18)12-19)33-15-20-7-8-21(16-33)30-20/h5,9-11,13-14,19-21,30H,3-4,6-8,12,15-16H2,1-2H3,(H,28,29)(H,31,34)/t19-,20?,21?/m0/s1. The van der Waals surface area contributed by atoms with Gasteiger partial charge in [0.05, 0.1) is 11.3 Å². The van der Waals surface area contributed by atoms with E-state index in [0.717, 1.165) is 55.6 Å². The Kier molecular flexibility index (Phi) is 5.44. The maximum Gasteiger partial charge on any atom is 0.255 e. The number of amides is 1. The van der Waals surface area contributed by atoms with Crippen molar-refractivity contribution in [2.24, 2.45) is 0 Å². The van der Waals surface area contributed by atoms with Gasteiger partial charge in [-0.3, -0.25) is 4.79 Å². The number of aromatic nitrogens is 2. The fourth-order valence-electron chi connectivity index (χ4n) is 6.17. The van der Waals surface area contributed by atoms with Gasteiger partial charge in [0.15, 0.2) is 0 Å². The van der Waals surface area contributed by atoms with Gasteiger partial charge in [-0.05, 0) is 68.4 Å². The second kappa shape index (κ2) is 8.62. The van der Waals surface area contributed by atoms with E-state index in [0.29, 0.717) is 17.6 Å². The van der Waals surface area contributed by atoms with Crippen molar-refractivity contribution in [3.63, 3.8) is 0 Å². The number of nitrogens with one attached hydrogen (secondary N) is 3. The molecule has 3 atom stereocenters. The summed E-state index contributed by atoms with van der Waals surface area (Å²) < 4.78 is 2.09. The SMILES string of the molecule is CCn1ccc2c(NC)c(C(=O)N[C@H]3CCc4cc(N5CC6CCC(C5)N6)ccc4C3)cnc21. The van der Waals surface area contributed by atoms with Gasteiger partial charge in [-0.25, -0.2) is 4.98 Å². The molecule has 2 fully saturated rings. The lowest BCUT2D eigenvalue weighted by Crippen LogP contribution is -2.51. The summed E-state index contributed by atoms with van der Waals surface area (Å²) in [5.41, 5.74) is 6.52. The van der Waals surface area contributed by atoms with E-state index in [9.17, 15) is 4.79 Å². The quantitative estimate of drug-likeness (QED) is 0.547. The molecule has 2 aliphatic heterocycles. The highest BCUT2D eigenvalue weighted by Crippen LogP contribution is 2.31. The molecule has 2 saturated heterocycles. The first-order valence-corrected chi connectivity index (χ1v) is 12.7. The fraction of sp³-hybridized carbons (Fsp3) is 0.481. The number of aryl methyl sites for hydroxylation is 2. The highest BCUT2D eigenvalue weighted by Gasteiger charge is 2.32. The number of nitrogens with zero attached hydrogens (tertiary/aromatic N) is 3. The van der Waals surface area contributed by atoms with E-state index >= 15 is 0 Å². The molecule has 3 N–H and O–H groups in total. The first kappa shape index (κ1) is 21.5. The summed E-state index contributed by atoms with van der Waals surface area (Å²) in [6, 6.07) is 10.4. The van der Waals surface area contributed by atoms with E-state index in [1.807, 2.05) is 19.3 Å². The van der Waals surface area contributed by atoms with Crippen LogP contribution in [0.15, 0.2) is 36.7 Å². The molecule has 0 radical (unpaired) electrons. The summed E-state index contributed by atoms with van der Waals surface area (Å²) >= 11 is 0. The Balaban J connectivity index is 1.16. The Labute approximate surface area is 200 Å². The molecule has 3 aliphatic rings. The van der Waals surface area contributed by atoms with E-state index in [4.69, 9.17) is 0 Å². The Morgan fingerprint density at radius 2 is 1.97 bits per heavy atom. The molecule has 7 heteroatoms. The van der Waals surface area contributed by atoms with Crippen molar-refractivity contribution in [2.75, 3.05) is 30.4 Å². The summed E-state index contributed by atoms with van der Waals surface area (Å²) in [6.07, 6.45) is 9.18. The van der Waals surface area contributed by atoms with Gasteiger partial charge in [-0.2, -0.15) is 0 Å². The number of hydrogen-bond acceptors (Lipinski definition) is 5. The molecule has 34 heavy (non-hydrogen) atoms. The highest BCUT2D eigenvalue weighted by atomic mass is 16.1. The van der Waals surface area contributed by atoms with E-state index in [1.54, 1.807) is 6.20 Å². The van der Waals surface area contributed by atoms with Crippen molar-refractivity contribution < 1.29 is 4.79 Å². The smallest absolute Gasteiger partial charge is 0.255 e. The minimum absolute atomic E-state index is 0.0515. The number of fused-ring (bicyclic) bond motifs is 4. The summed E-state index contributed by atoms with van der Waals surface area (Å²) in [5.74, 6) is -0.0515. The molecule has 1 aliphatic carbocycles. The fourth-order valence-corrected chi connectivity index (χ4v) is 6.17. The van der Waals surface area contributed by atoms with Crippen molar-refractivity contribution in [1.29, 1.82) is 0 Å². The number of anilines is 2. The third kappa shape index (κ3) is 3.72. The predicted molar refractivity (Wildman–Crippen MR) is 137 cm³/mol. The number of carbonyl (C=O) groups is 1. The largest absolute Gasteiger partial charge is 0.387 e. The molecule has 1 aromatic carbocycles. The van der Waals surface area contributed by atoms with Gasteiger partial charge in [0.1, 0.15) is 5.65 Å². The van der Waals surface area contributed by atoms with Crippen molar-refractivity contribution in [2.45, 2.75) is 63.7 Å². The molecule has 2 aromatic heterocycles. The number of carbonyl (C=O) groups excluding carboxylic acids is 1. The third-order valence-corrected chi connectivity index (χ3v) is 7.96. The van der Waals surface area contributed by atoms with Gasteiger partial charge in [0, 0.05) is 68.3 Å². The molecule has 0 spiro atoms. The second-order valence-corrected chi connectivity index (χ2v) is 10.0. The molecule has 6 rings (SSSR count). The van der Waals surface area contributed by atoms with Crippen molar-refractivity contribution in [3.8, 4) is 0 Å². The molecule has 2 unspecified atom stereocenters. The molecule has 0 saturated carbocycles. The average molecular weight is 459 g/mol. The van der Waals surface area contributed by atoms with Gasteiger partial charge in [-0.15, -0.1) is 0 Å². The molecule has 3 aromatic rings. The van der Waals surface area contributed by atoms with Crippen LogP contribution in [0.3, 0.4) is 0 Å². The summed E-state index contributed by atoms with van der Waals surface area (Å²) in [7, 11) is 1.87. The molecule has 1 amide bonds. The van der Waals surface area contributed by atoms with Gasteiger partial charge < -0.3 is 25.4 Å². The molecule has 178 valence electrons. The van der Waals surface area contributed by atoms with E-state index in [2.05, 4.69) is 55.5 Å². The maximum absolute atomic E-state index is 13.2. The summed E-state index contributed by atoms with van der Waals surface area (Å²) in [4.78, 5) is 20.4. The number of rotatable bonds is 5. The lowest BCUT2D eigenvalue weighted by molar-refractivity contribution is 0.0934. The maximum atomic E-state index is 13.2. The minimum Gasteiger partial charge on any atom is -0.387 e. The van der Waals surface area contributed by atoms with Crippen LogP contribution in [0.4, 0.5) is 11.4 Å². The van der Waals surface area contributed by atoms with E-state index in [-0.39, 0.29) is 11.9 Å². The van der Waals surface area contributed by atoms with E-state index < -0.39 is 0 Å². The first-order chi connectivity index (χ1) is 16.6. The number of piperazine rings is 1. The van der Waals surface area contributed by atoms with Crippen LogP contribution in [-0.4, -0.2) is 53.7 Å². The van der Waals surface area contributed by atoms with Crippen LogP contribution in [0.25, 0.3) is 11.0 Å². The van der Waals surface area contributed by atoms with Crippen molar-refractivity contribution in [1.82, 2.24) is 20.2 Å². The number of hydrogen-bond donors (Lipinski definition) is 3. The molecule has 4 heterocycles. The number of benzene rings is 1. The normalized spacial score (nSPS) is 23.7. The summed E-state index contributed by atoms with van der Waals surface area (Å²) in [5, 5.41) is 11.2. The Bertz CT molecular complexity index is 1220. The zero-order valence-electron chi connectivity index (χ0n) is 20.1.